The predicted octanol–water partition coefficient (Wildman–Crippen LogP) is 1.78. The van der Waals surface area contributed by atoms with Crippen LogP contribution in [-0.4, -0.2) is 34.2 Å². The first-order valence-electron chi connectivity index (χ1n) is 6.21. The summed E-state index contributed by atoms with van der Waals surface area (Å²) < 4.78 is 4.64. The van der Waals surface area contributed by atoms with E-state index < -0.39 is 0 Å². The number of benzene rings is 1. The molecule has 0 spiro atoms. The Morgan fingerprint density at radius 1 is 1.39 bits per heavy atom. The molecule has 0 aliphatic heterocycles. The molecule has 0 bridgehead atoms. The Hall–Kier alpha value is -1.91. The number of nitrogens with zero attached hydrogens (tertiary/aromatic N) is 3. The van der Waals surface area contributed by atoms with Gasteiger partial charge in [0, 0.05) is 13.1 Å². The second-order valence-corrected chi connectivity index (χ2v) is 4.85. The van der Waals surface area contributed by atoms with Gasteiger partial charge in [0.05, 0.1) is 6.42 Å². The summed E-state index contributed by atoms with van der Waals surface area (Å²) in [7, 11) is 1.89. The maximum Gasteiger partial charge on any atom is 0.226 e. The average molecular weight is 245 g/mol. The summed E-state index contributed by atoms with van der Waals surface area (Å²) in [4.78, 5) is 14.0. The molecule has 18 heavy (non-hydrogen) atoms. The van der Waals surface area contributed by atoms with Gasteiger partial charge < -0.3 is 4.90 Å². The molecular weight excluding hydrogens is 230 g/mol. The third-order valence-corrected chi connectivity index (χ3v) is 3.69. The van der Waals surface area contributed by atoms with Gasteiger partial charge in [-0.25, -0.2) is 4.63 Å². The number of likely N-dealkylation sites (N-methyl/N-ethyl adjacent to an activating group) is 1. The van der Waals surface area contributed by atoms with E-state index >= 15 is 0 Å². The molecule has 5 nitrogen and oxygen atoms in total. The lowest BCUT2D eigenvalue weighted by atomic mass is 9.91. The zero-order valence-electron chi connectivity index (χ0n) is 10.3. The number of rotatable bonds is 3. The Bertz CT molecular complexity index is 574. The number of carbonyl (C=O) groups excluding carboxylic acids is 1. The number of amides is 1. The minimum absolute atomic E-state index is 0.163. The Morgan fingerprint density at radius 3 is 2.89 bits per heavy atom. The van der Waals surface area contributed by atoms with Crippen LogP contribution in [0.5, 0.6) is 0 Å². The molecular formula is C13H15N3O2. The van der Waals surface area contributed by atoms with Gasteiger partial charge in [-0.15, -0.1) is 0 Å². The summed E-state index contributed by atoms with van der Waals surface area (Å²) >= 11 is 0. The smallest absolute Gasteiger partial charge is 0.226 e. The Kier molecular flexibility index (Phi) is 2.74. The third-order valence-electron chi connectivity index (χ3n) is 3.69. The summed E-state index contributed by atoms with van der Waals surface area (Å²) in [5.41, 5.74) is 2.37. The molecule has 0 atom stereocenters. The van der Waals surface area contributed by atoms with Crippen molar-refractivity contribution in [3.05, 3.63) is 23.8 Å². The maximum atomic E-state index is 12.1. The zero-order chi connectivity index (χ0) is 12.5. The average Bonchev–Trinajstić information content (AvgIpc) is 2.73. The Morgan fingerprint density at radius 2 is 2.17 bits per heavy atom. The van der Waals surface area contributed by atoms with Crippen LogP contribution in [0, 0.1) is 0 Å². The molecule has 0 saturated heterocycles. The quantitative estimate of drug-likeness (QED) is 0.827. The van der Waals surface area contributed by atoms with E-state index in [2.05, 4.69) is 14.9 Å². The molecule has 94 valence electrons. The van der Waals surface area contributed by atoms with Gasteiger partial charge in [-0.05, 0) is 47.3 Å². The SMILES string of the molecule is CN(C(=O)Cc1ccc2nonc2c1)C1CCC1. The molecule has 5 heteroatoms. The van der Waals surface area contributed by atoms with E-state index in [0.717, 1.165) is 23.9 Å². The third kappa shape index (κ3) is 1.96. The van der Waals surface area contributed by atoms with Crippen LogP contribution in [0.3, 0.4) is 0 Å². The highest BCUT2D eigenvalue weighted by atomic mass is 16.6. The molecule has 1 aromatic heterocycles. The van der Waals surface area contributed by atoms with Gasteiger partial charge >= 0.3 is 0 Å². The Labute approximate surface area is 105 Å². The number of hydrogen-bond acceptors (Lipinski definition) is 4. The molecule has 0 unspecified atom stereocenters. The standard InChI is InChI=1S/C13H15N3O2/c1-16(10-3-2-4-10)13(17)8-9-5-6-11-12(7-9)15-18-14-11/h5-7,10H,2-4,8H2,1H3. The molecule has 2 aromatic rings. The largest absolute Gasteiger partial charge is 0.342 e. The molecule has 1 saturated carbocycles. The molecule has 1 aliphatic rings. The van der Waals surface area contributed by atoms with E-state index in [4.69, 9.17) is 0 Å². The van der Waals surface area contributed by atoms with Crippen LogP contribution in [0.1, 0.15) is 24.8 Å². The fourth-order valence-electron chi connectivity index (χ4n) is 2.21. The minimum Gasteiger partial charge on any atom is -0.342 e. The first-order chi connectivity index (χ1) is 8.74. The first kappa shape index (κ1) is 11.2. The molecule has 1 heterocycles. The zero-order valence-corrected chi connectivity index (χ0v) is 10.3. The van der Waals surface area contributed by atoms with Crippen molar-refractivity contribution >= 4 is 16.9 Å². The van der Waals surface area contributed by atoms with Crippen LogP contribution < -0.4 is 0 Å². The van der Waals surface area contributed by atoms with Crippen LogP contribution in [0.4, 0.5) is 0 Å². The molecule has 3 rings (SSSR count). The van der Waals surface area contributed by atoms with Crippen molar-refractivity contribution < 1.29 is 9.42 Å². The lowest BCUT2D eigenvalue weighted by Gasteiger charge is -2.34. The van der Waals surface area contributed by atoms with Gasteiger partial charge in [-0.1, -0.05) is 6.07 Å². The molecule has 1 aliphatic carbocycles. The summed E-state index contributed by atoms with van der Waals surface area (Å²) in [6.45, 7) is 0. The van der Waals surface area contributed by atoms with Crippen molar-refractivity contribution in [2.45, 2.75) is 31.7 Å². The van der Waals surface area contributed by atoms with E-state index in [0.29, 0.717) is 18.0 Å². The Balaban J connectivity index is 1.72. The molecule has 1 fully saturated rings. The van der Waals surface area contributed by atoms with Crippen molar-refractivity contribution in [1.29, 1.82) is 0 Å². The summed E-state index contributed by atoms with van der Waals surface area (Å²) in [6.07, 6.45) is 3.91. The summed E-state index contributed by atoms with van der Waals surface area (Å²) in [5.74, 6) is 0.163. The second-order valence-electron chi connectivity index (χ2n) is 4.85. The lowest BCUT2D eigenvalue weighted by Crippen LogP contribution is -2.42. The van der Waals surface area contributed by atoms with E-state index in [9.17, 15) is 4.79 Å². The normalized spacial score (nSPS) is 15.6. The van der Waals surface area contributed by atoms with Gasteiger partial charge in [0.25, 0.3) is 0 Å². The van der Waals surface area contributed by atoms with Crippen LogP contribution in [-0.2, 0) is 11.2 Å². The summed E-state index contributed by atoms with van der Waals surface area (Å²) in [5, 5.41) is 7.53. The van der Waals surface area contributed by atoms with Crippen LogP contribution in [0.2, 0.25) is 0 Å². The molecule has 1 amide bonds. The van der Waals surface area contributed by atoms with Crippen molar-refractivity contribution in [3.8, 4) is 0 Å². The van der Waals surface area contributed by atoms with E-state index in [-0.39, 0.29) is 5.91 Å². The number of hydrogen-bond donors (Lipinski definition) is 0. The van der Waals surface area contributed by atoms with Crippen molar-refractivity contribution in [2.24, 2.45) is 0 Å². The highest BCUT2D eigenvalue weighted by molar-refractivity contribution is 5.81. The van der Waals surface area contributed by atoms with Crippen molar-refractivity contribution in [3.63, 3.8) is 0 Å². The fourth-order valence-corrected chi connectivity index (χ4v) is 2.21. The van der Waals surface area contributed by atoms with Gasteiger partial charge in [-0.2, -0.15) is 0 Å². The van der Waals surface area contributed by atoms with E-state index in [1.54, 1.807) is 0 Å². The number of fused-ring (bicyclic) bond motifs is 1. The molecule has 1 aromatic carbocycles. The summed E-state index contributed by atoms with van der Waals surface area (Å²) in [6, 6.07) is 6.03. The van der Waals surface area contributed by atoms with E-state index in [1.165, 1.54) is 6.42 Å². The first-order valence-corrected chi connectivity index (χ1v) is 6.21. The predicted molar refractivity (Wildman–Crippen MR) is 65.9 cm³/mol. The maximum absolute atomic E-state index is 12.1. The van der Waals surface area contributed by atoms with Crippen LogP contribution >= 0.6 is 0 Å². The van der Waals surface area contributed by atoms with E-state index in [1.807, 2.05) is 30.1 Å². The van der Waals surface area contributed by atoms with Crippen LogP contribution in [0.25, 0.3) is 11.0 Å². The highest BCUT2D eigenvalue weighted by Crippen LogP contribution is 2.24. The topological polar surface area (TPSA) is 59.2 Å². The monoisotopic (exact) mass is 245 g/mol. The lowest BCUT2D eigenvalue weighted by molar-refractivity contribution is -0.132. The molecule has 0 radical (unpaired) electrons. The second kappa shape index (κ2) is 4.40. The van der Waals surface area contributed by atoms with Crippen LogP contribution in [0.15, 0.2) is 22.8 Å². The van der Waals surface area contributed by atoms with Gasteiger partial charge in [-0.3, -0.25) is 4.79 Å². The highest BCUT2D eigenvalue weighted by Gasteiger charge is 2.25. The van der Waals surface area contributed by atoms with Gasteiger partial charge in [0.1, 0.15) is 11.0 Å². The van der Waals surface area contributed by atoms with Gasteiger partial charge in [0.15, 0.2) is 0 Å². The minimum atomic E-state index is 0.163. The van der Waals surface area contributed by atoms with Gasteiger partial charge in [0.2, 0.25) is 5.91 Å². The molecule has 0 N–H and O–H groups in total. The number of aromatic nitrogens is 2. The van der Waals surface area contributed by atoms with Crippen molar-refractivity contribution in [2.75, 3.05) is 7.05 Å². The number of carbonyl (C=O) groups is 1. The fraction of sp³-hybridized carbons (Fsp3) is 0.462. The van der Waals surface area contributed by atoms with Crippen molar-refractivity contribution in [1.82, 2.24) is 15.2 Å².